The Balaban J connectivity index is 1.44. The number of H-pyrrole nitrogens is 1. The maximum absolute atomic E-state index is 14.5. The average molecular weight is 431 g/mol. The van der Waals surface area contributed by atoms with Crippen molar-refractivity contribution in [3.05, 3.63) is 107 Å². The Morgan fingerprint density at radius 3 is 2.44 bits per heavy atom. The van der Waals surface area contributed by atoms with Crippen molar-refractivity contribution in [1.82, 2.24) is 10.2 Å². The predicted molar refractivity (Wildman–Crippen MR) is 120 cm³/mol. The average Bonchev–Trinajstić information content (AvgIpc) is 3.56. The SMILES string of the molecule is Fc1ccc(CN(c2ccc(F)c(OCc3ccccc3)c2)c2cc(C3CC3)[nH]n2)cc1. The molecule has 1 heterocycles. The summed E-state index contributed by atoms with van der Waals surface area (Å²) in [7, 11) is 0. The van der Waals surface area contributed by atoms with Crippen LogP contribution < -0.4 is 9.64 Å². The minimum absolute atomic E-state index is 0.174. The lowest BCUT2D eigenvalue weighted by atomic mass is 10.1. The van der Waals surface area contributed by atoms with Gasteiger partial charge in [0.1, 0.15) is 12.4 Å². The van der Waals surface area contributed by atoms with Gasteiger partial charge >= 0.3 is 0 Å². The second-order valence-corrected chi connectivity index (χ2v) is 8.06. The first-order valence-corrected chi connectivity index (χ1v) is 10.7. The monoisotopic (exact) mass is 431 g/mol. The van der Waals surface area contributed by atoms with Crippen LogP contribution >= 0.6 is 0 Å². The van der Waals surface area contributed by atoms with E-state index in [2.05, 4.69) is 10.2 Å². The minimum atomic E-state index is -0.424. The second-order valence-electron chi connectivity index (χ2n) is 8.06. The Kier molecular flexibility index (Phi) is 5.58. The Labute approximate surface area is 185 Å². The fourth-order valence-electron chi connectivity index (χ4n) is 3.65. The number of aromatic nitrogens is 2. The van der Waals surface area contributed by atoms with Crippen molar-refractivity contribution in [1.29, 1.82) is 0 Å². The highest BCUT2D eigenvalue weighted by molar-refractivity contribution is 5.62. The number of rotatable bonds is 8. The van der Waals surface area contributed by atoms with Crippen LogP contribution in [0.5, 0.6) is 5.75 Å². The normalized spacial score (nSPS) is 13.2. The first-order chi connectivity index (χ1) is 15.7. The molecule has 162 valence electrons. The van der Waals surface area contributed by atoms with E-state index in [1.807, 2.05) is 41.3 Å². The van der Waals surface area contributed by atoms with Crippen molar-refractivity contribution in [3.63, 3.8) is 0 Å². The Bertz CT molecular complexity index is 1190. The van der Waals surface area contributed by atoms with Gasteiger partial charge in [-0.25, -0.2) is 8.78 Å². The molecule has 1 aliphatic rings. The van der Waals surface area contributed by atoms with Crippen LogP contribution in [0.4, 0.5) is 20.3 Å². The summed E-state index contributed by atoms with van der Waals surface area (Å²) < 4.78 is 33.7. The van der Waals surface area contributed by atoms with Crippen LogP contribution in [0.3, 0.4) is 0 Å². The van der Waals surface area contributed by atoms with E-state index >= 15 is 0 Å². The zero-order valence-corrected chi connectivity index (χ0v) is 17.5. The molecule has 32 heavy (non-hydrogen) atoms. The van der Waals surface area contributed by atoms with E-state index in [4.69, 9.17) is 4.74 Å². The molecule has 1 aliphatic carbocycles. The van der Waals surface area contributed by atoms with E-state index in [0.29, 0.717) is 12.5 Å². The minimum Gasteiger partial charge on any atom is -0.486 e. The number of hydrogen-bond donors (Lipinski definition) is 1. The second kappa shape index (κ2) is 8.83. The number of aromatic amines is 1. The van der Waals surface area contributed by atoms with Gasteiger partial charge in [0.15, 0.2) is 17.4 Å². The summed E-state index contributed by atoms with van der Waals surface area (Å²) in [5.41, 5.74) is 3.72. The molecular weight excluding hydrogens is 408 g/mol. The highest BCUT2D eigenvalue weighted by Crippen LogP contribution is 2.41. The van der Waals surface area contributed by atoms with Gasteiger partial charge in [-0.05, 0) is 48.2 Å². The summed E-state index contributed by atoms with van der Waals surface area (Å²) in [6, 6.07) is 22.8. The van der Waals surface area contributed by atoms with Gasteiger partial charge in [0, 0.05) is 36.0 Å². The van der Waals surface area contributed by atoms with E-state index in [1.165, 1.54) is 18.2 Å². The molecule has 5 rings (SSSR count). The molecule has 0 amide bonds. The van der Waals surface area contributed by atoms with Gasteiger partial charge in [0.05, 0.1) is 0 Å². The van der Waals surface area contributed by atoms with Crippen LogP contribution in [-0.2, 0) is 13.2 Å². The van der Waals surface area contributed by atoms with Crippen molar-refractivity contribution in [2.24, 2.45) is 0 Å². The van der Waals surface area contributed by atoms with Crippen LogP contribution in [-0.4, -0.2) is 10.2 Å². The zero-order valence-electron chi connectivity index (χ0n) is 17.5. The number of nitrogens with zero attached hydrogens (tertiary/aromatic N) is 2. The van der Waals surface area contributed by atoms with Crippen LogP contribution in [0.1, 0.15) is 35.6 Å². The molecule has 0 saturated heterocycles. The van der Waals surface area contributed by atoms with Crippen molar-refractivity contribution >= 4 is 11.5 Å². The number of hydrogen-bond acceptors (Lipinski definition) is 3. The molecule has 4 aromatic rings. The molecule has 1 N–H and O–H groups in total. The highest BCUT2D eigenvalue weighted by atomic mass is 19.1. The van der Waals surface area contributed by atoms with Gasteiger partial charge in [-0.15, -0.1) is 0 Å². The summed E-state index contributed by atoms with van der Waals surface area (Å²) in [6.45, 7) is 0.729. The number of ether oxygens (including phenoxy) is 1. The van der Waals surface area contributed by atoms with E-state index < -0.39 is 5.82 Å². The Hall–Kier alpha value is -3.67. The third kappa shape index (κ3) is 4.64. The molecule has 0 unspecified atom stereocenters. The molecule has 0 bridgehead atoms. The number of nitrogens with one attached hydrogen (secondary N) is 1. The molecule has 1 saturated carbocycles. The number of anilines is 2. The van der Waals surface area contributed by atoms with Crippen LogP contribution in [0.2, 0.25) is 0 Å². The fourth-order valence-corrected chi connectivity index (χ4v) is 3.65. The third-order valence-electron chi connectivity index (χ3n) is 5.60. The van der Waals surface area contributed by atoms with Gasteiger partial charge in [-0.1, -0.05) is 42.5 Å². The summed E-state index contributed by atoms with van der Waals surface area (Å²) in [6.07, 6.45) is 2.32. The van der Waals surface area contributed by atoms with Crippen LogP contribution in [0.25, 0.3) is 0 Å². The first kappa shape index (κ1) is 20.2. The van der Waals surface area contributed by atoms with Crippen molar-refractivity contribution in [2.45, 2.75) is 31.9 Å². The third-order valence-corrected chi connectivity index (χ3v) is 5.60. The topological polar surface area (TPSA) is 41.1 Å². The Morgan fingerprint density at radius 2 is 1.69 bits per heavy atom. The quantitative estimate of drug-likeness (QED) is 0.347. The smallest absolute Gasteiger partial charge is 0.165 e. The van der Waals surface area contributed by atoms with Crippen LogP contribution in [0, 0.1) is 11.6 Å². The van der Waals surface area contributed by atoms with Gasteiger partial charge in [-0.3, -0.25) is 5.10 Å². The summed E-state index contributed by atoms with van der Waals surface area (Å²) in [5.74, 6) is 0.730. The maximum atomic E-state index is 14.5. The van der Waals surface area contributed by atoms with E-state index in [0.717, 1.165) is 41.2 Å². The van der Waals surface area contributed by atoms with E-state index in [1.54, 1.807) is 24.3 Å². The van der Waals surface area contributed by atoms with E-state index in [-0.39, 0.29) is 18.2 Å². The highest BCUT2D eigenvalue weighted by Gasteiger charge is 2.27. The zero-order chi connectivity index (χ0) is 21.9. The lowest BCUT2D eigenvalue weighted by Gasteiger charge is -2.23. The summed E-state index contributed by atoms with van der Waals surface area (Å²) in [4.78, 5) is 1.98. The molecule has 0 atom stereocenters. The van der Waals surface area contributed by atoms with Crippen LogP contribution in [0.15, 0.2) is 78.9 Å². The largest absolute Gasteiger partial charge is 0.486 e. The first-order valence-electron chi connectivity index (χ1n) is 10.7. The number of benzene rings is 3. The lowest BCUT2D eigenvalue weighted by Crippen LogP contribution is -2.17. The molecule has 0 aliphatic heterocycles. The molecule has 4 nitrogen and oxygen atoms in total. The van der Waals surface area contributed by atoms with Gasteiger partial charge < -0.3 is 9.64 Å². The van der Waals surface area contributed by atoms with Gasteiger partial charge in [0.2, 0.25) is 0 Å². The van der Waals surface area contributed by atoms with Gasteiger partial charge in [-0.2, -0.15) is 5.10 Å². The molecule has 0 spiro atoms. The fraction of sp³-hybridized carbons (Fsp3) is 0.192. The molecule has 1 fully saturated rings. The molecule has 6 heteroatoms. The molecule has 0 radical (unpaired) electrons. The predicted octanol–water partition coefficient (Wildman–Crippen LogP) is 6.48. The standard InChI is InChI=1S/C26H23F2N3O/c27-21-10-6-18(7-11-21)16-31(26-15-24(29-30-26)20-8-9-20)22-12-13-23(28)25(14-22)32-17-19-4-2-1-3-5-19/h1-7,10-15,20H,8-9,16-17H2,(H,29,30). The molecular formula is C26H23F2N3O. The number of halogens is 2. The van der Waals surface area contributed by atoms with Crippen molar-refractivity contribution < 1.29 is 13.5 Å². The Morgan fingerprint density at radius 1 is 0.906 bits per heavy atom. The summed E-state index contributed by atoms with van der Waals surface area (Å²) >= 11 is 0. The molecule has 1 aromatic heterocycles. The lowest BCUT2D eigenvalue weighted by molar-refractivity contribution is 0.290. The maximum Gasteiger partial charge on any atom is 0.165 e. The van der Waals surface area contributed by atoms with Crippen molar-refractivity contribution in [3.8, 4) is 5.75 Å². The van der Waals surface area contributed by atoms with Crippen molar-refractivity contribution in [2.75, 3.05) is 4.90 Å². The van der Waals surface area contributed by atoms with Gasteiger partial charge in [0.25, 0.3) is 0 Å². The summed E-state index contributed by atoms with van der Waals surface area (Å²) in [5, 5.41) is 7.63. The van der Waals surface area contributed by atoms with E-state index in [9.17, 15) is 8.78 Å². The molecule has 3 aromatic carbocycles.